The van der Waals surface area contributed by atoms with E-state index >= 15 is 0 Å². The Morgan fingerprint density at radius 2 is 1.67 bits per heavy atom. The van der Waals surface area contributed by atoms with Gasteiger partial charge in [-0.05, 0) is 0 Å². The van der Waals surface area contributed by atoms with Crippen molar-refractivity contribution in [2.45, 2.75) is 0 Å². The molecule has 0 aliphatic rings. The summed E-state index contributed by atoms with van der Waals surface area (Å²) in [4.78, 5) is 0. The average Bonchev–Trinajstić information content (AvgIpc) is 3.08. The maximum atomic E-state index is 7.50. The number of hydrogen-bond donors (Lipinski definition) is 0. The van der Waals surface area contributed by atoms with Crippen LogP contribution < -0.4 is 4.74 Å². The average molecular weight is 387 g/mol. The Labute approximate surface area is 138 Å². The van der Waals surface area contributed by atoms with Gasteiger partial charge in [0.1, 0.15) is 0 Å². The molecule has 0 amide bonds. The molecule has 0 saturated carbocycles. The van der Waals surface area contributed by atoms with Gasteiger partial charge in [-0.2, -0.15) is 0 Å². The van der Waals surface area contributed by atoms with Crippen molar-refractivity contribution < 1.29 is 39.0 Å². The molecule has 0 unspecified atom stereocenters. The van der Waals surface area contributed by atoms with Crippen LogP contribution in [0.15, 0.2) is 51.6 Å². The van der Waals surface area contributed by atoms with Crippen LogP contribution in [0.5, 0.6) is 5.75 Å². The summed E-state index contributed by atoms with van der Waals surface area (Å²) in [6.07, 6.45) is 1.61. The van der Waals surface area contributed by atoms with Crippen LogP contribution in [-0.2, 0) is 29.8 Å². The number of halogens is 1. The zero-order valence-electron chi connectivity index (χ0n) is 10.4. The number of rotatable bonds is 3. The SMILES string of the molecule is [C-]#[O+].[C-]#[O+].[C-]#[O+].[Cr]=[C](Oc1cccc(Br)c1)c1ccco1. The summed E-state index contributed by atoms with van der Waals surface area (Å²) in [6.45, 7) is 13.5. The molecule has 0 fully saturated rings. The first kappa shape index (κ1) is 21.7. The van der Waals surface area contributed by atoms with E-state index in [0.29, 0.717) is 10.3 Å². The van der Waals surface area contributed by atoms with Crippen LogP contribution in [0, 0.1) is 20.0 Å². The minimum atomic E-state index is 0.623. The monoisotopic (exact) mass is 386 g/mol. The van der Waals surface area contributed by atoms with Gasteiger partial charge in [0.25, 0.3) is 0 Å². The fourth-order valence-electron chi connectivity index (χ4n) is 1.08. The molecule has 0 aliphatic heterocycles. The van der Waals surface area contributed by atoms with E-state index < -0.39 is 0 Å². The molecule has 2 rings (SSSR count). The van der Waals surface area contributed by atoms with Gasteiger partial charge in [0, 0.05) is 0 Å². The van der Waals surface area contributed by atoms with Gasteiger partial charge in [-0.25, -0.2) is 0 Å². The minimum absolute atomic E-state index is 0.623. The second-order valence-corrected chi connectivity index (χ2v) is 4.32. The van der Waals surface area contributed by atoms with Gasteiger partial charge in [0.15, 0.2) is 0 Å². The van der Waals surface area contributed by atoms with Crippen LogP contribution in [0.2, 0.25) is 0 Å². The number of hydrogen-bond acceptors (Lipinski definition) is 2. The molecule has 21 heavy (non-hydrogen) atoms. The van der Waals surface area contributed by atoms with E-state index in [0.717, 1.165) is 10.2 Å². The van der Waals surface area contributed by atoms with Crippen molar-refractivity contribution >= 4 is 20.5 Å². The van der Waals surface area contributed by atoms with Crippen molar-refractivity contribution in [3.8, 4) is 5.75 Å². The quantitative estimate of drug-likeness (QED) is 0.599. The molecule has 0 bridgehead atoms. The molecule has 0 saturated heterocycles. The summed E-state index contributed by atoms with van der Waals surface area (Å²) < 4.78 is 34.9. The van der Waals surface area contributed by atoms with E-state index in [1.807, 2.05) is 36.4 Å². The first-order chi connectivity index (χ1) is 10.3. The number of ether oxygens (including phenoxy) is 1. The van der Waals surface area contributed by atoms with Crippen LogP contribution in [0.3, 0.4) is 0 Å². The van der Waals surface area contributed by atoms with Crippen LogP contribution in [0.25, 0.3) is 0 Å². The molecule has 5 nitrogen and oxygen atoms in total. The Kier molecular flexibility index (Phi) is 15.3. The summed E-state index contributed by atoms with van der Waals surface area (Å²) in [5.74, 6) is 1.45. The molecular weight excluding hydrogens is 380 g/mol. The Morgan fingerprint density at radius 3 is 2.14 bits per heavy atom. The van der Waals surface area contributed by atoms with E-state index in [9.17, 15) is 0 Å². The fourth-order valence-corrected chi connectivity index (χ4v) is 1.79. The standard InChI is InChI=1S/C11H7BrO2.3CO.Cr/c12-9-3-1-4-10(7-9)14-8-11-5-2-6-13-11;3*1-2;/h1-7H;;;;. The summed E-state index contributed by atoms with van der Waals surface area (Å²) in [5, 5.41) is 0. The zero-order chi connectivity index (χ0) is 16.7. The Morgan fingerprint density at radius 1 is 1.05 bits per heavy atom. The van der Waals surface area contributed by atoms with Gasteiger partial charge < -0.3 is 0 Å². The normalized spacial score (nSPS) is 7.38. The zero-order valence-corrected chi connectivity index (χ0v) is 13.2. The van der Waals surface area contributed by atoms with E-state index in [2.05, 4.69) is 51.7 Å². The van der Waals surface area contributed by atoms with Crippen molar-refractivity contribution in [3.63, 3.8) is 0 Å². The predicted octanol–water partition coefficient (Wildman–Crippen LogP) is 3.03. The first-order valence-corrected chi connectivity index (χ1v) is 6.31. The van der Waals surface area contributed by atoms with Gasteiger partial charge in [-0.15, -0.1) is 0 Å². The summed E-state index contributed by atoms with van der Waals surface area (Å²) in [5.41, 5.74) is 0. The third-order valence-electron chi connectivity index (χ3n) is 1.73. The van der Waals surface area contributed by atoms with E-state index in [4.69, 9.17) is 23.1 Å². The Balaban J connectivity index is 0. The molecule has 1 aromatic carbocycles. The molecule has 106 valence electrons. The van der Waals surface area contributed by atoms with Crippen molar-refractivity contribution in [1.82, 2.24) is 0 Å². The molecule has 0 aliphatic carbocycles. The Bertz CT molecular complexity index is 573. The summed E-state index contributed by atoms with van der Waals surface area (Å²) in [6, 6.07) is 11.3. The topological polar surface area (TPSA) is 82.1 Å². The van der Waals surface area contributed by atoms with Crippen LogP contribution in [0.1, 0.15) is 5.76 Å². The van der Waals surface area contributed by atoms with E-state index in [1.54, 1.807) is 6.26 Å². The third kappa shape index (κ3) is 9.04. The molecule has 0 N–H and O–H groups in total. The van der Waals surface area contributed by atoms with Gasteiger partial charge >= 0.3 is 138 Å². The van der Waals surface area contributed by atoms with Crippen molar-refractivity contribution in [2.75, 3.05) is 0 Å². The molecule has 0 atom stereocenters. The maximum absolute atomic E-state index is 7.50. The third-order valence-corrected chi connectivity index (χ3v) is 2.67. The molecular formula is C14H7BrCrO5. The number of furan rings is 1. The first-order valence-electron chi connectivity index (χ1n) is 4.88. The molecule has 7 heteroatoms. The molecule has 1 aromatic heterocycles. The van der Waals surface area contributed by atoms with E-state index in [1.165, 1.54) is 0 Å². The van der Waals surface area contributed by atoms with Crippen molar-refractivity contribution in [2.24, 2.45) is 0 Å². The predicted molar refractivity (Wildman–Crippen MR) is 69.4 cm³/mol. The molecule has 1 heterocycles. The van der Waals surface area contributed by atoms with Crippen LogP contribution in [0.4, 0.5) is 0 Å². The van der Waals surface area contributed by atoms with E-state index in [-0.39, 0.29) is 0 Å². The van der Waals surface area contributed by atoms with Crippen LogP contribution in [-0.4, -0.2) is 4.57 Å². The van der Waals surface area contributed by atoms with Gasteiger partial charge in [-0.3, -0.25) is 0 Å². The van der Waals surface area contributed by atoms with Crippen molar-refractivity contribution in [3.05, 3.63) is 72.8 Å². The fraction of sp³-hybridized carbons (Fsp3) is 0. The second kappa shape index (κ2) is 14.8. The molecule has 0 radical (unpaired) electrons. The van der Waals surface area contributed by atoms with Crippen molar-refractivity contribution in [1.29, 1.82) is 0 Å². The second-order valence-electron chi connectivity index (χ2n) is 2.82. The summed E-state index contributed by atoms with van der Waals surface area (Å²) >= 11 is 6.21. The number of benzene rings is 1. The Hall–Kier alpha value is -1.60. The molecule has 2 aromatic rings. The molecule has 0 spiro atoms. The summed E-state index contributed by atoms with van der Waals surface area (Å²) in [7, 11) is 0. The van der Waals surface area contributed by atoms with Gasteiger partial charge in [0.2, 0.25) is 0 Å². The van der Waals surface area contributed by atoms with Gasteiger partial charge in [0.05, 0.1) is 0 Å². The van der Waals surface area contributed by atoms with Gasteiger partial charge in [-0.1, -0.05) is 0 Å². The van der Waals surface area contributed by atoms with Crippen LogP contribution >= 0.6 is 15.9 Å².